The van der Waals surface area contributed by atoms with Crippen LogP contribution in [0.2, 0.25) is 5.02 Å². The predicted octanol–water partition coefficient (Wildman–Crippen LogP) is 2.59. The highest BCUT2D eigenvalue weighted by Crippen LogP contribution is 2.25. The number of hydrogen-bond donors (Lipinski definition) is 0. The van der Waals surface area contributed by atoms with E-state index in [1.807, 2.05) is 35.1 Å². The standard InChI is InChI=1S/C11H11ClN2O/c1-15-11-4-3-9(7-10(11)12)8-14-6-2-5-13-14/h2-7H,8H2,1H3. The molecule has 4 heteroatoms. The molecule has 1 heterocycles. The van der Waals surface area contributed by atoms with Crippen molar-refractivity contribution < 1.29 is 4.74 Å². The van der Waals surface area contributed by atoms with Crippen molar-refractivity contribution in [3.05, 3.63) is 47.2 Å². The Labute approximate surface area is 93.2 Å². The van der Waals surface area contributed by atoms with Crippen LogP contribution in [-0.4, -0.2) is 16.9 Å². The van der Waals surface area contributed by atoms with Gasteiger partial charge in [0.15, 0.2) is 0 Å². The van der Waals surface area contributed by atoms with Crippen LogP contribution in [0.5, 0.6) is 5.75 Å². The maximum atomic E-state index is 6.02. The van der Waals surface area contributed by atoms with Gasteiger partial charge in [0.05, 0.1) is 18.7 Å². The van der Waals surface area contributed by atoms with E-state index in [2.05, 4.69) is 5.10 Å². The van der Waals surface area contributed by atoms with Gasteiger partial charge in [0.25, 0.3) is 0 Å². The normalized spacial score (nSPS) is 10.3. The molecule has 0 amide bonds. The zero-order chi connectivity index (χ0) is 10.7. The molecular weight excluding hydrogens is 212 g/mol. The Hall–Kier alpha value is -1.48. The van der Waals surface area contributed by atoms with Gasteiger partial charge in [0.1, 0.15) is 5.75 Å². The van der Waals surface area contributed by atoms with Crippen molar-refractivity contribution in [3.8, 4) is 5.75 Å². The summed E-state index contributed by atoms with van der Waals surface area (Å²) in [7, 11) is 1.61. The monoisotopic (exact) mass is 222 g/mol. The van der Waals surface area contributed by atoms with Crippen LogP contribution in [-0.2, 0) is 6.54 Å². The maximum Gasteiger partial charge on any atom is 0.137 e. The van der Waals surface area contributed by atoms with Gasteiger partial charge in [0, 0.05) is 12.4 Å². The Morgan fingerprint density at radius 1 is 1.47 bits per heavy atom. The summed E-state index contributed by atoms with van der Waals surface area (Å²) in [6.45, 7) is 0.719. The Kier molecular flexibility index (Phi) is 2.92. The fourth-order valence-electron chi connectivity index (χ4n) is 1.39. The van der Waals surface area contributed by atoms with Gasteiger partial charge >= 0.3 is 0 Å². The van der Waals surface area contributed by atoms with E-state index >= 15 is 0 Å². The van der Waals surface area contributed by atoms with Gasteiger partial charge in [-0.2, -0.15) is 5.10 Å². The molecule has 0 atom stereocenters. The van der Waals surface area contributed by atoms with E-state index in [-0.39, 0.29) is 0 Å². The van der Waals surface area contributed by atoms with Crippen molar-refractivity contribution in [2.24, 2.45) is 0 Å². The topological polar surface area (TPSA) is 27.1 Å². The van der Waals surface area contributed by atoms with Crippen LogP contribution >= 0.6 is 11.6 Å². The maximum absolute atomic E-state index is 6.02. The fourth-order valence-corrected chi connectivity index (χ4v) is 1.67. The summed E-state index contributed by atoms with van der Waals surface area (Å²) < 4.78 is 6.93. The van der Waals surface area contributed by atoms with Gasteiger partial charge in [0.2, 0.25) is 0 Å². The molecule has 2 rings (SSSR count). The number of methoxy groups -OCH3 is 1. The molecule has 0 bridgehead atoms. The fraction of sp³-hybridized carbons (Fsp3) is 0.182. The second-order valence-electron chi connectivity index (χ2n) is 3.17. The smallest absolute Gasteiger partial charge is 0.137 e. The summed E-state index contributed by atoms with van der Waals surface area (Å²) >= 11 is 6.02. The highest BCUT2D eigenvalue weighted by Gasteiger charge is 2.02. The highest BCUT2D eigenvalue weighted by atomic mass is 35.5. The third kappa shape index (κ3) is 2.30. The van der Waals surface area contributed by atoms with Crippen molar-refractivity contribution in [1.82, 2.24) is 9.78 Å². The van der Waals surface area contributed by atoms with Crippen LogP contribution in [0.3, 0.4) is 0 Å². The molecule has 0 saturated heterocycles. The lowest BCUT2D eigenvalue weighted by molar-refractivity contribution is 0.415. The molecule has 0 radical (unpaired) electrons. The molecule has 0 unspecified atom stereocenters. The van der Waals surface area contributed by atoms with Crippen molar-refractivity contribution in [2.45, 2.75) is 6.54 Å². The number of rotatable bonds is 3. The first-order valence-electron chi connectivity index (χ1n) is 4.59. The van der Waals surface area contributed by atoms with Crippen LogP contribution in [0.1, 0.15) is 5.56 Å². The molecule has 0 N–H and O–H groups in total. The first kappa shape index (κ1) is 10.1. The molecule has 2 aromatic rings. The summed E-state index contributed by atoms with van der Waals surface area (Å²) in [5.74, 6) is 0.695. The first-order chi connectivity index (χ1) is 7.29. The molecule has 0 fully saturated rings. The third-order valence-electron chi connectivity index (χ3n) is 2.12. The quantitative estimate of drug-likeness (QED) is 0.798. The zero-order valence-electron chi connectivity index (χ0n) is 8.35. The molecule has 3 nitrogen and oxygen atoms in total. The predicted molar refractivity (Wildman–Crippen MR) is 59.3 cm³/mol. The minimum atomic E-state index is 0.627. The number of hydrogen-bond acceptors (Lipinski definition) is 2. The SMILES string of the molecule is COc1ccc(Cn2cccn2)cc1Cl. The Morgan fingerprint density at radius 3 is 2.93 bits per heavy atom. The lowest BCUT2D eigenvalue weighted by atomic mass is 10.2. The Balaban J connectivity index is 2.20. The molecule has 78 valence electrons. The van der Waals surface area contributed by atoms with E-state index in [4.69, 9.17) is 16.3 Å². The van der Waals surface area contributed by atoms with E-state index in [0.29, 0.717) is 10.8 Å². The van der Waals surface area contributed by atoms with E-state index in [1.54, 1.807) is 13.3 Å². The van der Waals surface area contributed by atoms with Gasteiger partial charge in [-0.15, -0.1) is 0 Å². The molecule has 0 aliphatic heterocycles. The lowest BCUT2D eigenvalue weighted by Gasteiger charge is -2.06. The Morgan fingerprint density at radius 2 is 2.33 bits per heavy atom. The molecule has 0 aliphatic carbocycles. The zero-order valence-corrected chi connectivity index (χ0v) is 9.11. The van der Waals surface area contributed by atoms with E-state index in [0.717, 1.165) is 12.1 Å². The van der Waals surface area contributed by atoms with E-state index < -0.39 is 0 Å². The molecule has 1 aromatic heterocycles. The lowest BCUT2D eigenvalue weighted by Crippen LogP contribution is -1.99. The largest absolute Gasteiger partial charge is 0.495 e. The molecule has 0 saturated carbocycles. The van der Waals surface area contributed by atoms with Crippen LogP contribution in [0.15, 0.2) is 36.7 Å². The number of ether oxygens (including phenoxy) is 1. The number of aromatic nitrogens is 2. The van der Waals surface area contributed by atoms with Crippen LogP contribution in [0, 0.1) is 0 Å². The summed E-state index contributed by atoms with van der Waals surface area (Å²) in [5, 5.41) is 4.75. The third-order valence-corrected chi connectivity index (χ3v) is 2.42. The van der Waals surface area contributed by atoms with Crippen LogP contribution in [0.4, 0.5) is 0 Å². The summed E-state index contributed by atoms with van der Waals surface area (Å²) in [5.41, 5.74) is 1.10. The van der Waals surface area contributed by atoms with Crippen molar-refractivity contribution in [2.75, 3.05) is 7.11 Å². The van der Waals surface area contributed by atoms with Crippen molar-refractivity contribution in [1.29, 1.82) is 0 Å². The highest BCUT2D eigenvalue weighted by molar-refractivity contribution is 6.32. The molecule has 15 heavy (non-hydrogen) atoms. The molecule has 1 aromatic carbocycles. The summed E-state index contributed by atoms with van der Waals surface area (Å²) in [4.78, 5) is 0. The van der Waals surface area contributed by atoms with Crippen LogP contribution < -0.4 is 4.74 Å². The van der Waals surface area contributed by atoms with Crippen molar-refractivity contribution in [3.63, 3.8) is 0 Å². The number of benzene rings is 1. The van der Waals surface area contributed by atoms with Gasteiger partial charge in [-0.05, 0) is 23.8 Å². The molecule has 0 spiro atoms. The van der Waals surface area contributed by atoms with Gasteiger partial charge in [-0.3, -0.25) is 4.68 Å². The van der Waals surface area contributed by atoms with E-state index in [1.165, 1.54) is 0 Å². The Bertz CT molecular complexity index is 440. The number of halogens is 1. The second kappa shape index (κ2) is 4.36. The summed E-state index contributed by atoms with van der Waals surface area (Å²) in [6.07, 6.45) is 3.67. The second-order valence-corrected chi connectivity index (χ2v) is 3.58. The van der Waals surface area contributed by atoms with E-state index in [9.17, 15) is 0 Å². The first-order valence-corrected chi connectivity index (χ1v) is 4.97. The van der Waals surface area contributed by atoms with Crippen LogP contribution in [0.25, 0.3) is 0 Å². The van der Waals surface area contributed by atoms with Gasteiger partial charge < -0.3 is 4.74 Å². The van der Waals surface area contributed by atoms with Gasteiger partial charge in [-0.25, -0.2) is 0 Å². The average Bonchev–Trinajstić information content (AvgIpc) is 2.71. The van der Waals surface area contributed by atoms with Crippen molar-refractivity contribution >= 4 is 11.6 Å². The minimum absolute atomic E-state index is 0.627. The minimum Gasteiger partial charge on any atom is -0.495 e. The molecule has 0 aliphatic rings. The summed E-state index contributed by atoms with van der Waals surface area (Å²) in [6, 6.07) is 7.63. The number of nitrogens with zero attached hydrogens (tertiary/aromatic N) is 2. The average molecular weight is 223 g/mol. The van der Waals surface area contributed by atoms with Gasteiger partial charge in [-0.1, -0.05) is 17.7 Å². The molecular formula is C11H11ClN2O.